The molecule has 1 saturated carbocycles. The smallest absolute Gasteiger partial charge is 0.331 e. The van der Waals surface area contributed by atoms with Gasteiger partial charge in [0.25, 0.3) is 0 Å². The lowest BCUT2D eigenvalue weighted by Crippen LogP contribution is -2.57. The first-order valence-electron chi connectivity index (χ1n) is 11.0. The van der Waals surface area contributed by atoms with Crippen LogP contribution in [0.1, 0.15) is 65.2 Å². The van der Waals surface area contributed by atoms with Crippen LogP contribution in [0.5, 0.6) is 0 Å². The summed E-state index contributed by atoms with van der Waals surface area (Å²) in [5.74, 6) is -2.98. The summed E-state index contributed by atoms with van der Waals surface area (Å²) < 4.78 is 10.1. The van der Waals surface area contributed by atoms with E-state index in [-0.39, 0.29) is 26.1 Å². The van der Waals surface area contributed by atoms with Crippen LogP contribution in [-0.4, -0.2) is 72.5 Å². The van der Waals surface area contributed by atoms with Gasteiger partial charge in [-0.2, -0.15) is 0 Å². The molecule has 0 aromatic rings. The lowest BCUT2D eigenvalue weighted by Gasteiger charge is -2.29. The normalized spacial score (nSPS) is 16.8. The number of carbonyl (C=O) groups excluding carboxylic acids is 4. The quantitative estimate of drug-likeness (QED) is 0.168. The molecule has 4 N–H and O–H groups in total. The number of ether oxygens (including phenoxy) is 2. The third-order valence-electron chi connectivity index (χ3n) is 5.36. The Balaban J connectivity index is 2.83. The number of carbonyl (C=O) groups is 4. The molecule has 0 aliphatic heterocycles. The third-order valence-corrected chi connectivity index (χ3v) is 5.36. The summed E-state index contributed by atoms with van der Waals surface area (Å²) in [6.07, 6.45) is 4.60. The molecule has 0 bridgehead atoms. The van der Waals surface area contributed by atoms with Gasteiger partial charge in [-0.3, -0.25) is 9.59 Å². The summed E-state index contributed by atoms with van der Waals surface area (Å²) in [4.78, 5) is 50.2. The molecule has 1 rings (SSSR count). The highest BCUT2D eigenvalue weighted by Crippen LogP contribution is 2.39. The molecule has 1 fully saturated rings. The van der Waals surface area contributed by atoms with Crippen molar-refractivity contribution in [1.29, 1.82) is 0 Å². The van der Waals surface area contributed by atoms with Crippen molar-refractivity contribution in [3.8, 4) is 0 Å². The van der Waals surface area contributed by atoms with Crippen molar-refractivity contribution in [2.45, 2.75) is 77.3 Å². The SMILES string of the molecule is CCCCOC(=O)[C@@H](CO)NC(=O)C1(C(=O)N[C@H](CO)C(=O)OCCCC)CCCC1. The van der Waals surface area contributed by atoms with Crippen molar-refractivity contribution in [2.75, 3.05) is 26.4 Å². The summed E-state index contributed by atoms with van der Waals surface area (Å²) in [6, 6.07) is -2.58. The van der Waals surface area contributed by atoms with E-state index in [9.17, 15) is 29.4 Å². The van der Waals surface area contributed by atoms with Gasteiger partial charge in [-0.25, -0.2) is 9.59 Å². The second-order valence-corrected chi connectivity index (χ2v) is 7.75. The molecule has 10 nitrogen and oxygen atoms in total. The zero-order valence-corrected chi connectivity index (χ0v) is 18.5. The van der Waals surface area contributed by atoms with Gasteiger partial charge in [-0.1, -0.05) is 39.5 Å². The summed E-state index contributed by atoms with van der Waals surface area (Å²) in [5.41, 5.74) is -1.51. The number of unbranched alkanes of at least 4 members (excludes halogenated alkanes) is 2. The Labute approximate surface area is 183 Å². The topological polar surface area (TPSA) is 151 Å². The predicted molar refractivity (Wildman–Crippen MR) is 111 cm³/mol. The van der Waals surface area contributed by atoms with Crippen molar-refractivity contribution < 1.29 is 38.9 Å². The Morgan fingerprint density at radius 1 is 0.806 bits per heavy atom. The fourth-order valence-electron chi connectivity index (χ4n) is 3.32. The number of esters is 2. The van der Waals surface area contributed by atoms with Gasteiger partial charge < -0.3 is 30.3 Å². The van der Waals surface area contributed by atoms with Gasteiger partial charge in [0.15, 0.2) is 12.1 Å². The molecule has 0 aromatic heterocycles. The average Bonchev–Trinajstić information content (AvgIpc) is 3.27. The zero-order valence-electron chi connectivity index (χ0n) is 18.5. The van der Waals surface area contributed by atoms with Crippen LogP contribution < -0.4 is 10.6 Å². The third kappa shape index (κ3) is 7.77. The zero-order chi connectivity index (χ0) is 23.3. The van der Waals surface area contributed by atoms with Crippen molar-refractivity contribution in [1.82, 2.24) is 10.6 Å². The molecule has 0 unspecified atom stereocenters. The molecule has 0 heterocycles. The van der Waals surface area contributed by atoms with Gasteiger partial charge in [0.05, 0.1) is 26.4 Å². The molecule has 0 spiro atoms. The van der Waals surface area contributed by atoms with E-state index in [1.54, 1.807) is 0 Å². The number of rotatable bonds is 14. The molecule has 178 valence electrons. The first kappa shape index (κ1) is 26.8. The lowest BCUT2D eigenvalue weighted by molar-refractivity contribution is -0.155. The molecule has 31 heavy (non-hydrogen) atoms. The summed E-state index contributed by atoms with van der Waals surface area (Å²) in [5, 5.41) is 23.9. The highest BCUT2D eigenvalue weighted by molar-refractivity contribution is 6.07. The van der Waals surface area contributed by atoms with Gasteiger partial charge in [0.1, 0.15) is 5.41 Å². The van der Waals surface area contributed by atoms with Crippen molar-refractivity contribution in [2.24, 2.45) is 5.41 Å². The summed E-state index contributed by atoms with van der Waals surface area (Å²) in [7, 11) is 0. The Bertz CT molecular complexity index is 558. The predicted octanol–water partition coefficient (Wildman–Crippen LogP) is 0.188. The van der Waals surface area contributed by atoms with Gasteiger partial charge in [0, 0.05) is 0 Å². The van der Waals surface area contributed by atoms with Crippen LogP contribution in [0, 0.1) is 5.41 Å². The number of hydrogen-bond acceptors (Lipinski definition) is 8. The fourth-order valence-corrected chi connectivity index (χ4v) is 3.32. The van der Waals surface area contributed by atoms with Crippen LogP contribution in [0.2, 0.25) is 0 Å². The standard InChI is InChI=1S/C21H36N2O8/c1-3-5-11-30-17(26)15(13-24)22-19(28)21(9-7-8-10-21)20(29)23-16(14-25)18(27)31-12-6-4-2/h15-16,24-25H,3-14H2,1-2H3,(H,22,28)(H,23,29)/t15-,16-/m1/s1. The van der Waals surface area contributed by atoms with Crippen molar-refractivity contribution in [3.05, 3.63) is 0 Å². The second kappa shape index (κ2) is 14.0. The Hall–Kier alpha value is -2.20. The van der Waals surface area contributed by atoms with Gasteiger partial charge in [0.2, 0.25) is 11.8 Å². The second-order valence-electron chi connectivity index (χ2n) is 7.75. The van der Waals surface area contributed by atoms with E-state index in [4.69, 9.17) is 9.47 Å². The number of hydrogen-bond donors (Lipinski definition) is 4. The molecule has 1 aliphatic rings. The number of amides is 2. The largest absolute Gasteiger partial charge is 0.464 e. The number of nitrogens with one attached hydrogen (secondary N) is 2. The Kier molecular flexibility index (Phi) is 12.1. The lowest BCUT2D eigenvalue weighted by atomic mass is 9.83. The molecule has 2 amide bonds. The minimum absolute atomic E-state index is 0.172. The summed E-state index contributed by atoms with van der Waals surface area (Å²) in [6.45, 7) is 2.87. The van der Waals surface area contributed by atoms with Crippen LogP contribution in [0.25, 0.3) is 0 Å². The van der Waals surface area contributed by atoms with Gasteiger partial charge >= 0.3 is 11.9 Å². The Morgan fingerprint density at radius 3 is 1.52 bits per heavy atom. The molecule has 0 saturated heterocycles. The number of aliphatic hydroxyl groups excluding tert-OH is 2. The van der Waals surface area contributed by atoms with Crippen LogP contribution in [-0.2, 0) is 28.7 Å². The van der Waals surface area contributed by atoms with Crippen LogP contribution in [0.15, 0.2) is 0 Å². The first-order chi connectivity index (χ1) is 14.9. The minimum atomic E-state index is -1.51. The van der Waals surface area contributed by atoms with E-state index < -0.39 is 54.5 Å². The van der Waals surface area contributed by atoms with Crippen molar-refractivity contribution >= 4 is 23.8 Å². The monoisotopic (exact) mass is 444 g/mol. The molecule has 2 atom stereocenters. The maximum absolute atomic E-state index is 13.0. The van der Waals surface area contributed by atoms with E-state index in [2.05, 4.69) is 10.6 Å². The maximum Gasteiger partial charge on any atom is 0.331 e. The molecule has 10 heteroatoms. The molecule has 0 aromatic carbocycles. The van der Waals surface area contributed by atoms with E-state index in [0.29, 0.717) is 25.7 Å². The van der Waals surface area contributed by atoms with E-state index in [1.807, 2.05) is 13.8 Å². The average molecular weight is 445 g/mol. The number of aliphatic hydroxyl groups is 2. The maximum atomic E-state index is 13.0. The fraction of sp³-hybridized carbons (Fsp3) is 0.810. The van der Waals surface area contributed by atoms with E-state index in [1.165, 1.54) is 0 Å². The minimum Gasteiger partial charge on any atom is -0.464 e. The van der Waals surface area contributed by atoms with Crippen LogP contribution in [0.4, 0.5) is 0 Å². The van der Waals surface area contributed by atoms with Crippen molar-refractivity contribution in [3.63, 3.8) is 0 Å². The Morgan fingerprint density at radius 2 is 1.19 bits per heavy atom. The first-order valence-corrected chi connectivity index (χ1v) is 11.0. The highest BCUT2D eigenvalue weighted by Gasteiger charge is 2.49. The molecular formula is C21H36N2O8. The van der Waals surface area contributed by atoms with Gasteiger partial charge in [-0.05, 0) is 25.7 Å². The van der Waals surface area contributed by atoms with Crippen LogP contribution >= 0.6 is 0 Å². The van der Waals surface area contributed by atoms with Crippen LogP contribution in [0.3, 0.4) is 0 Å². The highest BCUT2D eigenvalue weighted by atomic mass is 16.5. The molecular weight excluding hydrogens is 408 g/mol. The van der Waals surface area contributed by atoms with Gasteiger partial charge in [-0.15, -0.1) is 0 Å². The van der Waals surface area contributed by atoms with E-state index in [0.717, 1.165) is 12.8 Å². The summed E-state index contributed by atoms with van der Waals surface area (Å²) >= 11 is 0. The molecule has 1 aliphatic carbocycles. The van der Waals surface area contributed by atoms with E-state index >= 15 is 0 Å². The molecule has 0 radical (unpaired) electrons.